The molecule has 7 nitrogen and oxygen atoms in total. The van der Waals surface area contributed by atoms with E-state index in [0.29, 0.717) is 5.02 Å². The first-order valence-electron chi connectivity index (χ1n) is 11.4. The maximum absolute atomic E-state index is 13.8. The lowest BCUT2D eigenvalue weighted by atomic mass is 10.0. The minimum absolute atomic E-state index is 0.142. The first-order chi connectivity index (χ1) is 17.1. The highest BCUT2D eigenvalue weighted by atomic mass is 35.5. The van der Waals surface area contributed by atoms with Crippen molar-refractivity contribution in [3.05, 3.63) is 101 Å². The maximum Gasteiger partial charge on any atom is 0.244 e. The molecule has 0 aliphatic rings. The summed E-state index contributed by atoms with van der Waals surface area (Å²) >= 11 is 6.09. The lowest BCUT2D eigenvalue weighted by Gasteiger charge is -2.33. The summed E-state index contributed by atoms with van der Waals surface area (Å²) in [5, 5.41) is 3.01. The third kappa shape index (κ3) is 7.08. The third-order valence-electron chi connectivity index (χ3n) is 5.89. The molecule has 0 aromatic heterocycles. The zero-order valence-electron chi connectivity index (χ0n) is 20.5. The van der Waals surface area contributed by atoms with E-state index < -0.39 is 28.5 Å². The normalized spacial score (nSPS) is 12.0. The van der Waals surface area contributed by atoms with Crippen molar-refractivity contribution in [1.29, 1.82) is 0 Å². The van der Waals surface area contributed by atoms with Gasteiger partial charge in [-0.2, -0.15) is 0 Å². The van der Waals surface area contributed by atoms with Gasteiger partial charge in [0.1, 0.15) is 12.6 Å². The lowest BCUT2D eigenvalue weighted by Crippen LogP contribution is -2.53. The summed E-state index contributed by atoms with van der Waals surface area (Å²) in [5.41, 5.74) is 2.97. The van der Waals surface area contributed by atoms with Crippen LogP contribution in [0.3, 0.4) is 0 Å². The number of halogens is 1. The van der Waals surface area contributed by atoms with E-state index in [1.54, 1.807) is 18.2 Å². The van der Waals surface area contributed by atoms with Crippen LogP contribution in [-0.4, -0.2) is 51.0 Å². The van der Waals surface area contributed by atoms with E-state index in [1.807, 2.05) is 61.5 Å². The zero-order valence-corrected chi connectivity index (χ0v) is 22.1. The van der Waals surface area contributed by atoms with Crippen molar-refractivity contribution < 1.29 is 18.0 Å². The van der Waals surface area contributed by atoms with E-state index in [-0.39, 0.29) is 24.6 Å². The van der Waals surface area contributed by atoms with E-state index in [9.17, 15) is 18.0 Å². The van der Waals surface area contributed by atoms with E-state index in [0.717, 1.165) is 27.3 Å². The van der Waals surface area contributed by atoms with Crippen LogP contribution in [0.15, 0.2) is 78.9 Å². The fourth-order valence-corrected chi connectivity index (χ4v) is 4.96. The lowest BCUT2D eigenvalue weighted by molar-refractivity contribution is -0.139. The van der Waals surface area contributed by atoms with Crippen molar-refractivity contribution >= 4 is 39.1 Å². The summed E-state index contributed by atoms with van der Waals surface area (Å²) in [4.78, 5) is 28.4. The van der Waals surface area contributed by atoms with Crippen LogP contribution in [0.5, 0.6) is 0 Å². The zero-order chi connectivity index (χ0) is 26.3. The molecule has 3 rings (SSSR count). The van der Waals surface area contributed by atoms with Crippen LogP contribution in [0.25, 0.3) is 0 Å². The predicted octanol–water partition coefficient (Wildman–Crippen LogP) is 3.80. The second kappa shape index (κ2) is 12.1. The minimum Gasteiger partial charge on any atom is -0.357 e. The topological polar surface area (TPSA) is 86.8 Å². The molecular weight excluding hydrogens is 498 g/mol. The highest BCUT2D eigenvalue weighted by molar-refractivity contribution is 7.92. The van der Waals surface area contributed by atoms with Crippen LogP contribution < -0.4 is 9.62 Å². The van der Waals surface area contributed by atoms with Gasteiger partial charge in [0.15, 0.2) is 0 Å². The summed E-state index contributed by atoms with van der Waals surface area (Å²) in [7, 11) is -2.31. The molecule has 0 radical (unpaired) electrons. The molecule has 1 N–H and O–H groups in total. The molecule has 2 amide bonds. The van der Waals surface area contributed by atoms with Gasteiger partial charge in [0.05, 0.1) is 11.9 Å². The number of carbonyl (C=O) groups excluding carboxylic acids is 2. The summed E-state index contributed by atoms with van der Waals surface area (Å²) < 4.78 is 26.4. The molecule has 0 unspecified atom stereocenters. The van der Waals surface area contributed by atoms with Gasteiger partial charge in [-0.3, -0.25) is 13.9 Å². The summed E-state index contributed by atoms with van der Waals surface area (Å²) in [5.74, 6) is -0.845. The number of benzene rings is 3. The van der Waals surface area contributed by atoms with Crippen molar-refractivity contribution in [1.82, 2.24) is 10.2 Å². The number of nitrogens with one attached hydrogen (secondary N) is 1. The number of carbonyl (C=O) groups is 2. The smallest absolute Gasteiger partial charge is 0.244 e. The summed E-state index contributed by atoms with van der Waals surface area (Å²) in [6.07, 6.45) is 1.31. The second-order valence-corrected chi connectivity index (χ2v) is 10.9. The number of hydrogen-bond acceptors (Lipinski definition) is 4. The molecule has 0 aliphatic heterocycles. The number of nitrogens with zero attached hydrogens (tertiary/aromatic N) is 2. The molecule has 9 heteroatoms. The molecule has 0 aliphatic carbocycles. The van der Waals surface area contributed by atoms with E-state index in [4.69, 9.17) is 11.6 Å². The fraction of sp³-hybridized carbons (Fsp3) is 0.259. The third-order valence-corrected chi connectivity index (χ3v) is 7.27. The summed E-state index contributed by atoms with van der Waals surface area (Å²) in [6.45, 7) is 1.59. The molecule has 0 fully saturated rings. The monoisotopic (exact) mass is 527 g/mol. The summed E-state index contributed by atoms with van der Waals surface area (Å²) in [6, 6.07) is 22.4. The molecule has 0 heterocycles. The highest BCUT2D eigenvalue weighted by Gasteiger charge is 2.32. The fourth-order valence-electron chi connectivity index (χ4n) is 3.94. The average molecular weight is 528 g/mol. The molecule has 36 heavy (non-hydrogen) atoms. The van der Waals surface area contributed by atoms with Crippen molar-refractivity contribution in [3.8, 4) is 0 Å². The number of amides is 2. The van der Waals surface area contributed by atoms with Crippen LogP contribution in [0.2, 0.25) is 5.02 Å². The van der Waals surface area contributed by atoms with Crippen LogP contribution in [0, 0.1) is 6.92 Å². The average Bonchev–Trinajstić information content (AvgIpc) is 2.85. The van der Waals surface area contributed by atoms with Gasteiger partial charge in [-0.1, -0.05) is 72.3 Å². The van der Waals surface area contributed by atoms with Crippen molar-refractivity contribution in [2.75, 3.05) is 24.2 Å². The Labute approximate surface area is 217 Å². The number of anilines is 1. The van der Waals surface area contributed by atoms with Crippen LogP contribution >= 0.6 is 11.6 Å². The predicted molar refractivity (Wildman–Crippen MR) is 143 cm³/mol. The largest absolute Gasteiger partial charge is 0.357 e. The minimum atomic E-state index is -3.83. The Kier molecular flexibility index (Phi) is 9.12. The molecule has 0 saturated heterocycles. The molecule has 0 spiro atoms. The van der Waals surface area contributed by atoms with Crippen molar-refractivity contribution in [2.24, 2.45) is 0 Å². The molecule has 3 aromatic rings. The van der Waals surface area contributed by atoms with E-state index in [2.05, 4.69) is 5.32 Å². The molecule has 190 valence electrons. The van der Waals surface area contributed by atoms with Crippen LogP contribution in [0.1, 0.15) is 16.7 Å². The van der Waals surface area contributed by atoms with E-state index in [1.165, 1.54) is 18.0 Å². The van der Waals surface area contributed by atoms with Gasteiger partial charge in [0, 0.05) is 25.0 Å². The van der Waals surface area contributed by atoms with Crippen molar-refractivity contribution in [3.63, 3.8) is 0 Å². The maximum atomic E-state index is 13.8. The highest BCUT2D eigenvalue weighted by Crippen LogP contribution is 2.23. The molecular formula is C27H30ClN3O4S. The van der Waals surface area contributed by atoms with Gasteiger partial charge in [-0.15, -0.1) is 0 Å². The standard InChI is InChI=1S/C27H30ClN3O4S/c1-20-10-7-8-13-22(20)18-30(25(27(33)29-2)16-21-11-5-4-6-12-21)26(32)19-31(36(3,34)35)24-15-9-14-23(28)17-24/h4-15,17,25H,16,18-19H2,1-3H3,(H,29,33)/t25-/m0/s1. The van der Waals surface area contributed by atoms with Gasteiger partial charge in [0.2, 0.25) is 21.8 Å². The molecule has 0 saturated carbocycles. The van der Waals surface area contributed by atoms with Gasteiger partial charge >= 0.3 is 0 Å². The number of likely N-dealkylation sites (N-methyl/N-ethyl adjacent to an activating group) is 1. The Bertz CT molecular complexity index is 1320. The Morgan fingerprint density at radius 1 is 0.972 bits per heavy atom. The Morgan fingerprint density at radius 3 is 2.25 bits per heavy atom. The van der Waals surface area contributed by atoms with Crippen LogP contribution in [0.4, 0.5) is 5.69 Å². The number of hydrogen-bond donors (Lipinski definition) is 1. The Hall–Kier alpha value is -3.36. The quantitative estimate of drug-likeness (QED) is 0.434. The number of rotatable bonds is 10. The second-order valence-electron chi connectivity index (χ2n) is 8.52. The molecule has 1 atom stereocenters. The van der Waals surface area contributed by atoms with Gasteiger partial charge < -0.3 is 10.2 Å². The van der Waals surface area contributed by atoms with Gasteiger partial charge in [-0.05, 0) is 41.8 Å². The SMILES string of the molecule is CNC(=O)[C@H](Cc1ccccc1)N(Cc1ccccc1C)C(=O)CN(c1cccc(Cl)c1)S(C)(=O)=O. The van der Waals surface area contributed by atoms with Crippen LogP contribution in [-0.2, 0) is 32.6 Å². The first-order valence-corrected chi connectivity index (χ1v) is 13.7. The Balaban J connectivity index is 2.04. The van der Waals surface area contributed by atoms with E-state index >= 15 is 0 Å². The van der Waals surface area contributed by atoms with Crippen molar-refractivity contribution in [2.45, 2.75) is 25.9 Å². The Morgan fingerprint density at radius 2 is 1.64 bits per heavy atom. The molecule has 3 aromatic carbocycles. The first kappa shape index (κ1) is 27.2. The number of aryl methyl sites for hydroxylation is 1. The van der Waals surface area contributed by atoms with Gasteiger partial charge in [-0.25, -0.2) is 8.42 Å². The number of sulfonamides is 1. The molecule has 0 bridgehead atoms. The van der Waals surface area contributed by atoms with Gasteiger partial charge in [0.25, 0.3) is 0 Å².